The van der Waals surface area contributed by atoms with E-state index >= 15 is 0 Å². The van der Waals surface area contributed by atoms with E-state index in [1.165, 1.54) is 18.2 Å². The summed E-state index contributed by atoms with van der Waals surface area (Å²) in [6.45, 7) is 0. The average Bonchev–Trinajstić information content (AvgIpc) is 2.41. The van der Waals surface area contributed by atoms with Crippen molar-refractivity contribution in [1.29, 1.82) is 0 Å². The molecule has 3 nitrogen and oxygen atoms in total. The minimum Gasteiger partial charge on any atom is -0.507 e. The van der Waals surface area contributed by atoms with Crippen molar-refractivity contribution in [2.24, 2.45) is 5.92 Å². The van der Waals surface area contributed by atoms with Crippen LogP contribution in [0.3, 0.4) is 0 Å². The van der Waals surface area contributed by atoms with Gasteiger partial charge in [0.15, 0.2) is 0 Å². The maximum Gasteiger partial charge on any atom is 0.391 e. The van der Waals surface area contributed by atoms with Gasteiger partial charge in [-0.25, -0.2) is 0 Å². The van der Waals surface area contributed by atoms with E-state index in [0.717, 1.165) is 0 Å². The summed E-state index contributed by atoms with van der Waals surface area (Å²) in [5, 5.41) is 12.4. The zero-order chi connectivity index (χ0) is 15.6. The van der Waals surface area contributed by atoms with Crippen molar-refractivity contribution in [3.8, 4) is 5.75 Å². The smallest absolute Gasteiger partial charge is 0.391 e. The summed E-state index contributed by atoms with van der Waals surface area (Å²) in [4.78, 5) is 12.0. The molecule has 116 valence electrons. The number of rotatable bonds is 2. The molecule has 1 saturated carbocycles. The van der Waals surface area contributed by atoms with Gasteiger partial charge in [0.25, 0.3) is 5.91 Å². The van der Waals surface area contributed by atoms with Crippen molar-refractivity contribution in [3.05, 3.63) is 28.8 Å². The lowest BCUT2D eigenvalue weighted by atomic mass is 9.85. The Morgan fingerprint density at radius 1 is 1.33 bits per heavy atom. The summed E-state index contributed by atoms with van der Waals surface area (Å²) in [7, 11) is 0. The summed E-state index contributed by atoms with van der Waals surface area (Å²) in [6.07, 6.45) is -3.35. The SMILES string of the molecule is O=C(NC1CCCC(C(F)(F)F)C1)c1cc(Cl)ccc1O. The van der Waals surface area contributed by atoms with Crippen LogP contribution in [0.15, 0.2) is 18.2 Å². The molecular weight excluding hydrogens is 307 g/mol. The number of hydrogen-bond acceptors (Lipinski definition) is 2. The van der Waals surface area contributed by atoms with Crippen LogP contribution in [-0.2, 0) is 0 Å². The molecule has 2 unspecified atom stereocenters. The van der Waals surface area contributed by atoms with Crippen molar-refractivity contribution in [2.45, 2.75) is 37.9 Å². The van der Waals surface area contributed by atoms with Crippen LogP contribution in [0.4, 0.5) is 13.2 Å². The maximum atomic E-state index is 12.7. The molecule has 0 radical (unpaired) electrons. The molecule has 2 N–H and O–H groups in total. The Morgan fingerprint density at radius 3 is 2.71 bits per heavy atom. The van der Waals surface area contributed by atoms with Crippen LogP contribution in [-0.4, -0.2) is 23.2 Å². The zero-order valence-corrected chi connectivity index (χ0v) is 11.8. The lowest BCUT2D eigenvalue weighted by Crippen LogP contribution is -2.41. The Hall–Kier alpha value is -1.43. The highest BCUT2D eigenvalue weighted by Crippen LogP contribution is 2.37. The average molecular weight is 322 g/mol. The Balaban J connectivity index is 2.04. The van der Waals surface area contributed by atoms with Crippen molar-refractivity contribution < 1.29 is 23.1 Å². The number of alkyl halides is 3. The van der Waals surface area contributed by atoms with Gasteiger partial charge in [-0.15, -0.1) is 0 Å². The second-order valence-electron chi connectivity index (χ2n) is 5.24. The van der Waals surface area contributed by atoms with Crippen LogP contribution in [0.1, 0.15) is 36.0 Å². The molecule has 0 aliphatic heterocycles. The number of amides is 1. The highest BCUT2D eigenvalue weighted by atomic mass is 35.5. The summed E-state index contributed by atoms with van der Waals surface area (Å²) in [6, 6.07) is 3.44. The molecule has 2 rings (SSSR count). The third kappa shape index (κ3) is 4.03. The first-order chi connectivity index (χ1) is 9.77. The molecule has 0 saturated heterocycles. The van der Waals surface area contributed by atoms with Crippen molar-refractivity contribution in [1.82, 2.24) is 5.32 Å². The first kappa shape index (κ1) is 15.9. The highest BCUT2D eigenvalue weighted by Gasteiger charge is 2.42. The van der Waals surface area contributed by atoms with E-state index in [1.54, 1.807) is 0 Å². The van der Waals surface area contributed by atoms with Crippen LogP contribution >= 0.6 is 11.6 Å². The largest absolute Gasteiger partial charge is 0.507 e. The number of carbonyl (C=O) groups excluding carboxylic acids is 1. The molecule has 1 amide bonds. The second-order valence-corrected chi connectivity index (χ2v) is 5.67. The van der Waals surface area contributed by atoms with E-state index in [-0.39, 0.29) is 29.2 Å². The van der Waals surface area contributed by atoms with Gasteiger partial charge in [-0.1, -0.05) is 18.0 Å². The summed E-state index contributed by atoms with van der Waals surface area (Å²) in [5.41, 5.74) is -0.0309. The molecule has 1 aliphatic rings. The van der Waals surface area contributed by atoms with E-state index in [1.807, 2.05) is 0 Å². The summed E-state index contributed by atoms with van der Waals surface area (Å²) < 4.78 is 38.2. The fourth-order valence-corrected chi connectivity index (χ4v) is 2.74. The molecule has 1 fully saturated rings. The van der Waals surface area contributed by atoms with E-state index in [9.17, 15) is 23.1 Å². The number of phenolic OH excluding ortho intramolecular Hbond substituents is 1. The van der Waals surface area contributed by atoms with E-state index in [0.29, 0.717) is 12.8 Å². The molecule has 0 bridgehead atoms. The van der Waals surface area contributed by atoms with Crippen molar-refractivity contribution >= 4 is 17.5 Å². The third-order valence-electron chi connectivity index (χ3n) is 3.68. The lowest BCUT2D eigenvalue weighted by Gasteiger charge is -2.31. The number of benzene rings is 1. The molecule has 2 atom stereocenters. The Bertz CT molecular complexity index is 533. The minimum absolute atomic E-state index is 0.0309. The highest BCUT2D eigenvalue weighted by molar-refractivity contribution is 6.31. The second kappa shape index (κ2) is 6.13. The molecule has 1 aromatic rings. The monoisotopic (exact) mass is 321 g/mol. The van der Waals surface area contributed by atoms with E-state index in [4.69, 9.17) is 11.6 Å². The standard InChI is InChI=1S/C14H15ClF3NO2/c15-9-4-5-12(20)11(7-9)13(21)19-10-3-1-2-8(6-10)14(16,17)18/h4-5,7-8,10,20H,1-3,6H2,(H,19,21). The Kier molecular flexibility index (Phi) is 4.66. The molecule has 21 heavy (non-hydrogen) atoms. The normalized spacial score (nSPS) is 22.9. The number of carbonyl (C=O) groups is 1. The topological polar surface area (TPSA) is 49.3 Å². The predicted molar refractivity (Wildman–Crippen MR) is 72.4 cm³/mol. The first-order valence-corrected chi connectivity index (χ1v) is 7.01. The van der Waals surface area contributed by atoms with Gasteiger partial charge in [-0.2, -0.15) is 13.2 Å². The van der Waals surface area contributed by atoms with Gasteiger partial charge in [-0.3, -0.25) is 4.79 Å². The Labute approximate surface area is 125 Å². The lowest BCUT2D eigenvalue weighted by molar-refractivity contribution is -0.183. The fraction of sp³-hybridized carbons (Fsp3) is 0.500. The van der Waals surface area contributed by atoms with Crippen LogP contribution in [0.2, 0.25) is 5.02 Å². The quantitative estimate of drug-likeness (QED) is 0.868. The van der Waals surface area contributed by atoms with Crippen molar-refractivity contribution in [3.63, 3.8) is 0 Å². The molecule has 0 spiro atoms. The number of nitrogens with one attached hydrogen (secondary N) is 1. The van der Waals surface area contributed by atoms with Crippen molar-refractivity contribution in [2.75, 3.05) is 0 Å². The number of hydrogen-bond donors (Lipinski definition) is 2. The van der Waals surface area contributed by atoms with Crippen LogP contribution < -0.4 is 5.32 Å². The zero-order valence-electron chi connectivity index (χ0n) is 11.1. The van der Waals surface area contributed by atoms with Gasteiger partial charge in [0.1, 0.15) is 5.75 Å². The number of halogens is 4. The molecule has 1 aliphatic carbocycles. The third-order valence-corrected chi connectivity index (χ3v) is 3.91. The van der Waals surface area contributed by atoms with E-state index < -0.39 is 24.0 Å². The van der Waals surface area contributed by atoms with Gasteiger partial charge >= 0.3 is 6.18 Å². The Morgan fingerprint density at radius 2 is 2.05 bits per heavy atom. The molecule has 7 heteroatoms. The van der Waals surface area contributed by atoms with Gasteiger partial charge in [0.05, 0.1) is 11.5 Å². The first-order valence-electron chi connectivity index (χ1n) is 6.63. The summed E-state index contributed by atoms with van der Waals surface area (Å²) in [5.74, 6) is -2.24. The number of aromatic hydroxyl groups is 1. The van der Waals surface area contributed by atoms with Gasteiger partial charge < -0.3 is 10.4 Å². The van der Waals surface area contributed by atoms with Crippen LogP contribution in [0, 0.1) is 5.92 Å². The predicted octanol–water partition coefficient (Wildman–Crippen LogP) is 3.90. The van der Waals surface area contributed by atoms with Gasteiger partial charge in [0.2, 0.25) is 0 Å². The summed E-state index contributed by atoms with van der Waals surface area (Å²) >= 11 is 5.75. The fourth-order valence-electron chi connectivity index (χ4n) is 2.57. The molecule has 1 aromatic carbocycles. The van der Waals surface area contributed by atoms with Gasteiger partial charge in [-0.05, 0) is 37.5 Å². The van der Waals surface area contributed by atoms with E-state index in [2.05, 4.69) is 5.32 Å². The van der Waals surface area contributed by atoms with Crippen LogP contribution in [0.25, 0.3) is 0 Å². The van der Waals surface area contributed by atoms with Gasteiger partial charge in [0, 0.05) is 11.1 Å². The molecule has 0 aromatic heterocycles. The minimum atomic E-state index is -4.23. The maximum absolute atomic E-state index is 12.7. The number of phenols is 1. The molecular formula is C14H15ClF3NO2. The molecule has 0 heterocycles. The van der Waals surface area contributed by atoms with Crippen LogP contribution in [0.5, 0.6) is 5.75 Å².